The second kappa shape index (κ2) is 6.18. The maximum Gasteiger partial charge on any atom is 0.0697 e. The topological polar surface area (TPSA) is 21.3 Å². The Morgan fingerprint density at radius 1 is 1.33 bits per heavy atom. The molecule has 0 radical (unpaired) electrons. The van der Waals surface area contributed by atoms with Gasteiger partial charge in [0.15, 0.2) is 0 Å². The van der Waals surface area contributed by atoms with Crippen molar-refractivity contribution >= 4 is 15.9 Å². The average Bonchev–Trinajstić information content (AvgIpc) is 2.33. The number of ether oxygens (including phenoxy) is 1. The van der Waals surface area contributed by atoms with Crippen LogP contribution in [-0.2, 0) is 4.74 Å². The highest BCUT2D eigenvalue weighted by Gasteiger charge is 2.39. The molecule has 1 aliphatic rings. The molecular weight excluding hydrogens is 290 g/mol. The van der Waals surface area contributed by atoms with Crippen molar-refractivity contribution in [2.75, 3.05) is 13.7 Å². The minimum atomic E-state index is 0.111. The number of nitrogens with one attached hydrogen (secondary N) is 1. The molecule has 100 valence electrons. The maximum atomic E-state index is 5.75. The first-order valence-corrected chi connectivity index (χ1v) is 7.52. The first kappa shape index (κ1) is 14.0. The number of methoxy groups -OCH3 is 1. The van der Waals surface area contributed by atoms with E-state index in [1.165, 1.54) is 24.8 Å². The molecule has 0 amide bonds. The zero-order valence-corrected chi connectivity index (χ0v) is 12.8. The summed E-state index contributed by atoms with van der Waals surface area (Å²) in [6.07, 6.45) is 4.76. The third-order valence-electron chi connectivity index (χ3n) is 4.00. The summed E-state index contributed by atoms with van der Waals surface area (Å²) in [6, 6.07) is 9.00. The van der Waals surface area contributed by atoms with Crippen LogP contribution in [0.25, 0.3) is 0 Å². The molecule has 1 aliphatic carbocycles. The van der Waals surface area contributed by atoms with Crippen molar-refractivity contribution in [3.05, 3.63) is 34.3 Å². The van der Waals surface area contributed by atoms with Crippen molar-refractivity contribution in [3.63, 3.8) is 0 Å². The molecule has 1 aromatic carbocycles. The van der Waals surface area contributed by atoms with Gasteiger partial charge < -0.3 is 10.1 Å². The van der Waals surface area contributed by atoms with Gasteiger partial charge in [-0.3, -0.25) is 0 Å². The first-order valence-electron chi connectivity index (χ1n) is 6.73. The molecule has 2 nitrogen and oxygen atoms in total. The fourth-order valence-corrected chi connectivity index (χ4v) is 2.95. The zero-order chi connectivity index (χ0) is 13.0. The van der Waals surface area contributed by atoms with Crippen LogP contribution in [0.3, 0.4) is 0 Å². The predicted molar refractivity (Wildman–Crippen MR) is 78.8 cm³/mol. The van der Waals surface area contributed by atoms with E-state index in [4.69, 9.17) is 4.74 Å². The Bertz CT molecular complexity index is 367. The largest absolute Gasteiger partial charge is 0.378 e. The molecule has 0 saturated heterocycles. The standard InChI is InChI=1S/C15H22BrNO/c1-3-17-14(11-15(18-2)9-4-10-15)12-5-7-13(16)8-6-12/h5-8,14,17H,3-4,9-11H2,1-2H3. The van der Waals surface area contributed by atoms with Gasteiger partial charge in [-0.25, -0.2) is 0 Å². The summed E-state index contributed by atoms with van der Waals surface area (Å²) in [4.78, 5) is 0. The second-order valence-corrected chi connectivity index (χ2v) is 6.02. The van der Waals surface area contributed by atoms with Gasteiger partial charge in [0.2, 0.25) is 0 Å². The lowest BCUT2D eigenvalue weighted by molar-refractivity contribution is -0.0837. The summed E-state index contributed by atoms with van der Waals surface area (Å²) in [6.45, 7) is 3.15. The van der Waals surface area contributed by atoms with E-state index in [0.717, 1.165) is 17.4 Å². The summed E-state index contributed by atoms with van der Waals surface area (Å²) in [5.74, 6) is 0. The lowest BCUT2D eigenvalue weighted by Gasteiger charge is -2.43. The molecule has 0 aromatic heterocycles. The van der Waals surface area contributed by atoms with Gasteiger partial charge in [-0.15, -0.1) is 0 Å². The van der Waals surface area contributed by atoms with E-state index in [0.29, 0.717) is 6.04 Å². The molecular formula is C15H22BrNO. The molecule has 1 unspecified atom stereocenters. The highest BCUT2D eigenvalue weighted by atomic mass is 79.9. The number of rotatable bonds is 6. The number of hydrogen-bond acceptors (Lipinski definition) is 2. The third-order valence-corrected chi connectivity index (χ3v) is 4.53. The molecule has 0 heterocycles. The van der Waals surface area contributed by atoms with E-state index in [2.05, 4.69) is 52.4 Å². The highest BCUT2D eigenvalue weighted by Crippen LogP contribution is 2.41. The monoisotopic (exact) mass is 311 g/mol. The molecule has 3 heteroatoms. The average molecular weight is 312 g/mol. The van der Waals surface area contributed by atoms with E-state index >= 15 is 0 Å². The molecule has 18 heavy (non-hydrogen) atoms. The molecule has 2 rings (SSSR count). The van der Waals surface area contributed by atoms with E-state index in [1.54, 1.807) is 0 Å². The van der Waals surface area contributed by atoms with E-state index in [9.17, 15) is 0 Å². The number of benzene rings is 1. The lowest BCUT2D eigenvalue weighted by atomic mass is 9.74. The Labute approximate surface area is 118 Å². The van der Waals surface area contributed by atoms with Crippen molar-refractivity contribution in [1.82, 2.24) is 5.32 Å². The van der Waals surface area contributed by atoms with Crippen molar-refractivity contribution in [2.24, 2.45) is 0 Å². The van der Waals surface area contributed by atoms with Crippen LogP contribution < -0.4 is 5.32 Å². The maximum absolute atomic E-state index is 5.75. The van der Waals surface area contributed by atoms with Gasteiger partial charge in [-0.1, -0.05) is 35.0 Å². The van der Waals surface area contributed by atoms with Crippen molar-refractivity contribution in [3.8, 4) is 0 Å². The second-order valence-electron chi connectivity index (χ2n) is 5.11. The predicted octanol–water partition coefficient (Wildman–Crippen LogP) is 4.06. The molecule has 1 aromatic rings. The van der Waals surface area contributed by atoms with Gasteiger partial charge in [0.1, 0.15) is 0 Å². The molecule has 0 bridgehead atoms. The van der Waals surface area contributed by atoms with Gasteiger partial charge in [0.05, 0.1) is 5.60 Å². The van der Waals surface area contributed by atoms with Crippen LogP contribution in [0, 0.1) is 0 Å². The van der Waals surface area contributed by atoms with Crippen LogP contribution in [0.5, 0.6) is 0 Å². The highest BCUT2D eigenvalue weighted by molar-refractivity contribution is 9.10. The van der Waals surface area contributed by atoms with Gasteiger partial charge >= 0.3 is 0 Å². The van der Waals surface area contributed by atoms with Crippen LogP contribution in [0.2, 0.25) is 0 Å². The molecule has 1 atom stereocenters. The van der Waals surface area contributed by atoms with E-state index in [-0.39, 0.29) is 5.60 Å². The van der Waals surface area contributed by atoms with E-state index < -0.39 is 0 Å². The van der Waals surface area contributed by atoms with Crippen molar-refractivity contribution < 1.29 is 4.74 Å². The molecule has 1 N–H and O–H groups in total. The Kier molecular flexibility index (Phi) is 4.82. The fraction of sp³-hybridized carbons (Fsp3) is 0.600. The van der Waals surface area contributed by atoms with Gasteiger partial charge in [0, 0.05) is 17.6 Å². The van der Waals surface area contributed by atoms with Crippen LogP contribution in [0.15, 0.2) is 28.7 Å². The minimum absolute atomic E-state index is 0.111. The summed E-state index contributed by atoms with van der Waals surface area (Å²) in [5.41, 5.74) is 1.46. The van der Waals surface area contributed by atoms with Gasteiger partial charge in [0.25, 0.3) is 0 Å². The first-order chi connectivity index (χ1) is 8.69. The number of hydrogen-bond donors (Lipinski definition) is 1. The number of halogens is 1. The Balaban J connectivity index is 2.10. The Hall–Kier alpha value is -0.380. The quantitative estimate of drug-likeness (QED) is 0.855. The smallest absolute Gasteiger partial charge is 0.0697 e. The van der Waals surface area contributed by atoms with E-state index in [1.807, 2.05) is 7.11 Å². The third kappa shape index (κ3) is 3.14. The zero-order valence-electron chi connectivity index (χ0n) is 11.2. The summed E-state index contributed by atoms with van der Waals surface area (Å²) in [7, 11) is 1.85. The van der Waals surface area contributed by atoms with Gasteiger partial charge in [-0.2, -0.15) is 0 Å². The molecule has 1 fully saturated rings. The molecule has 0 aliphatic heterocycles. The van der Waals surface area contributed by atoms with Crippen LogP contribution in [0.4, 0.5) is 0 Å². The summed E-state index contributed by atoms with van der Waals surface area (Å²) >= 11 is 3.49. The van der Waals surface area contributed by atoms with Crippen LogP contribution in [0.1, 0.15) is 44.2 Å². The summed E-state index contributed by atoms with van der Waals surface area (Å²) in [5, 5.41) is 3.58. The van der Waals surface area contributed by atoms with Crippen LogP contribution >= 0.6 is 15.9 Å². The Morgan fingerprint density at radius 2 is 2.00 bits per heavy atom. The normalized spacial score (nSPS) is 19.3. The fourth-order valence-electron chi connectivity index (χ4n) is 2.68. The molecule has 1 saturated carbocycles. The van der Waals surface area contributed by atoms with Crippen molar-refractivity contribution in [1.29, 1.82) is 0 Å². The SMILES string of the molecule is CCNC(CC1(OC)CCC1)c1ccc(Br)cc1. The van der Waals surface area contributed by atoms with Crippen LogP contribution in [-0.4, -0.2) is 19.3 Å². The molecule has 0 spiro atoms. The van der Waals surface area contributed by atoms with Crippen molar-refractivity contribution in [2.45, 2.75) is 44.2 Å². The van der Waals surface area contributed by atoms with Gasteiger partial charge in [-0.05, 0) is 49.9 Å². The summed E-state index contributed by atoms with van der Waals surface area (Å²) < 4.78 is 6.88. The minimum Gasteiger partial charge on any atom is -0.378 e. The lowest BCUT2D eigenvalue weighted by Crippen LogP contribution is -2.42. The Morgan fingerprint density at radius 3 is 2.44 bits per heavy atom.